The number of hydrogen-bond acceptors (Lipinski definition) is 9. The van der Waals surface area contributed by atoms with E-state index in [0.29, 0.717) is 17.7 Å². The molecule has 1 heterocycles. The summed E-state index contributed by atoms with van der Waals surface area (Å²) in [5.41, 5.74) is 4.63. The van der Waals surface area contributed by atoms with Crippen molar-refractivity contribution in [2.24, 2.45) is 29.4 Å². The van der Waals surface area contributed by atoms with Gasteiger partial charge in [-0.3, -0.25) is 28.9 Å². The molecule has 10 nitrogen and oxygen atoms in total. The molecule has 0 bridgehead atoms. The van der Waals surface area contributed by atoms with Crippen molar-refractivity contribution in [1.29, 1.82) is 0 Å². The van der Waals surface area contributed by atoms with E-state index in [4.69, 9.17) is 5.73 Å². The number of anilines is 1. The number of aliphatic hydroxyl groups is 1. The van der Waals surface area contributed by atoms with E-state index in [0.717, 1.165) is 31.6 Å². The zero-order valence-corrected chi connectivity index (χ0v) is 20.5. The summed E-state index contributed by atoms with van der Waals surface area (Å²) < 4.78 is 0. The highest BCUT2D eigenvalue weighted by molar-refractivity contribution is 6.31. The first kappa shape index (κ1) is 24.6. The van der Waals surface area contributed by atoms with Gasteiger partial charge in [-0.2, -0.15) is 0 Å². The highest BCUT2D eigenvalue weighted by Crippen LogP contribution is 2.51. The molecule has 1 aromatic rings. The van der Waals surface area contributed by atoms with E-state index in [2.05, 4.69) is 4.90 Å². The number of ketones is 4. The number of benzene rings is 1. The minimum atomic E-state index is -2.63. The Hall–Kier alpha value is -3.11. The standard InChI is InChI=1S/C26H31N3O7/c1-28(2)16-9-13(11-29-5-3-4-6-29)21(31)19-15(16)8-12-7-14-10-17(30)20(25(27)35)24(34)26(14,36)23(33)18(12)22(19)32/h9,12,14,18,20,31,36H,3-8,10-11H2,1-2H3,(H2,27,35)/t12-,14+,18?,20?,26+/m1/s1. The molecule has 10 heteroatoms. The normalized spacial score (nSPS) is 32.2. The SMILES string of the molecule is CN(C)c1cc(CN2CCCC2)c(O)c2c1C[C@H]1C[C@H]3CC(=O)C(C(N)=O)C(=O)[C@@]3(O)C(=O)C1C2=O. The Bertz CT molecular complexity index is 1200. The predicted octanol–water partition coefficient (Wildman–Crippen LogP) is -0.0113. The lowest BCUT2D eigenvalue weighted by molar-refractivity contribution is -0.175. The molecule has 36 heavy (non-hydrogen) atoms. The number of likely N-dealkylation sites (tertiary alicyclic amines) is 1. The van der Waals surface area contributed by atoms with Crippen LogP contribution >= 0.6 is 0 Å². The molecular formula is C26H31N3O7. The summed E-state index contributed by atoms with van der Waals surface area (Å²) in [6, 6.07) is 1.88. The third-order valence-electron chi connectivity index (χ3n) is 8.53. The maximum Gasteiger partial charge on any atom is 0.235 e. The van der Waals surface area contributed by atoms with Crippen molar-refractivity contribution in [3.8, 4) is 5.75 Å². The zero-order valence-electron chi connectivity index (χ0n) is 20.5. The number of rotatable bonds is 4. The van der Waals surface area contributed by atoms with E-state index in [-0.39, 0.29) is 30.6 Å². The second kappa shape index (κ2) is 8.48. The summed E-state index contributed by atoms with van der Waals surface area (Å²) in [6.07, 6.45) is 2.14. The van der Waals surface area contributed by atoms with E-state index in [1.54, 1.807) is 0 Å². The van der Waals surface area contributed by atoms with Gasteiger partial charge in [0.15, 0.2) is 34.7 Å². The summed E-state index contributed by atoms with van der Waals surface area (Å²) >= 11 is 0. The lowest BCUT2D eigenvalue weighted by Gasteiger charge is -2.48. The van der Waals surface area contributed by atoms with Crippen LogP contribution in [0.4, 0.5) is 5.69 Å². The summed E-state index contributed by atoms with van der Waals surface area (Å²) in [5.74, 6) is -9.81. The van der Waals surface area contributed by atoms with Crippen molar-refractivity contribution in [2.45, 2.75) is 44.2 Å². The van der Waals surface area contributed by atoms with Crippen LogP contribution in [-0.2, 0) is 32.1 Å². The van der Waals surface area contributed by atoms with E-state index in [9.17, 15) is 34.2 Å². The van der Waals surface area contributed by atoms with Crippen molar-refractivity contribution in [3.63, 3.8) is 0 Å². The number of nitrogens with two attached hydrogens (primary N) is 1. The largest absolute Gasteiger partial charge is 0.507 e. The summed E-state index contributed by atoms with van der Waals surface area (Å²) in [4.78, 5) is 68.9. The van der Waals surface area contributed by atoms with Gasteiger partial charge >= 0.3 is 0 Å². The molecular weight excluding hydrogens is 466 g/mol. The molecule has 1 aliphatic heterocycles. The van der Waals surface area contributed by atoms with Crippen LogP contribution in [0.1, 0.15) is 47.2 Å². The molecule has 4 aliphatic rings. The zero-order chi connectivity index (χ0) is 26.1. The molecule has 1 amide bonds. The molecule has 192 valence electrons. The molecule has 0 radical (unpaired) electrons. The number of Topliss-reactive ketones (excluding diaryl/α,β-unsaturated/α-hetero) is 4. The fraction of sp³-hybridized carbons (Fsp3) is 0.577. The predicted molar refractivity (Wildman–Crippen MR) is 127 cm³/mol. The third kappa shape index (κ3) is 3.42. The van der Waals surface area contributed by atoms with Gasteiger partial charge in [0.25, 0.3) is 0 Å². The average Bonchev–Trinajstić information content (AvgIpc) is 3.30. The van der Waals surface area contributed by atoms with Crippen molar-refractivity contribution >= 4 is 34.7 Å². The van der Waals surface area contributed by atoms with Crippen LogP contribution in [0.2, 0.25) is 0 Å². The van der Waals surface area contributed by atoms with Gasteiger partial charge in [0.05, 0.1) is 11.5 Å². The monoisotopic (exact) mass is 497 g/mol. The lowest BCUT2D eigenvalue weighted by Crippen LogP contribution is -2.68. The number of hydrogen-bond donors (Lipinski definition) is 3. The second-order valence-electron chi connectivity index (χ2n) is 10.9. The number of nitrogens with zero attached hydrogens (tertiary/aromatic N) is 2. The minimum absolute atomic E-state index is 0.0535. The second-order valence-corrected chi connectivity index (χ2v) is 10.9. The smallest absolute Gasteiger partial charge is 0.235 e. The fourth-order valence-electron chi connectivity index (χ4n) is 6.77. The highest BCUT2D eigenvalue weighted by atomic mass is 16.3. The molecule has 1 saturated heterocycles. The Morgan fingerprint density at radius 1 is 1.14 bits per heavy atom. The maximum absolute atomic E-state index is 13.9. The van der Waals surface area contributed by atoms with Crippen molar-refractivity contribution in [2.75, 3.05) is 32.1 Å². The Labute approximate surface area is 208 Å². The Balaban J connectivity index is 1.59. The molecule has 5 atom stereocenters. The van der Waals surface area contributed by atoms with Gasteiger partial charge in [0.1, 0.15) is 5.75 Å². The lowest BCUT2D eigenvalue weighted by atomic mass is 9.53. The molecule has 4 N–H and O–H groups in total. The first-order valence-electron chi connectivity index (χ1n) is 12.4. The number of carbonyl (C=O) groups is 5. The number of phenols is 1. The number of carbonyl (C=O) groups excluding carboxylic acids is 5. The molecule has 2 saturated carbocycles. The number of primary amides is 1. The van der Waals surface area contributed by atoms with Crippen LogP contribution in [0.5, 0.6) is 5.75 Å². The summed E-state index contributed by atoms with van der Waals surface area (Å²) in [5, 5.41) is 22.6. The molecule has 5 rings (SSSR count). The molecule has 3 fully saturated rings. The first-order chi connectivity index (χ1) is 17.0. The minimum Gasteiger partial charge on any atom is -0.507 e. The molecule has 3 aliphatic carbocycles. The van der Waals surface area contributed by atoms with Crippen LogP contribution in [0.25, 0.3) is 0 Å². The van der Waals surface area contributed by atoms with Crippen LogP contribution in [-0.4, -0.2) is 76.9 Å². The third-order valence-corrected chi connectivity index (χ3v) is 8.53. The van der Waals surface area contributed by atoms with Gasteiger partial charge in [-0.1, -0.05) is 0 Å². The van der Waals surface area contributed by atoms with Gasteiger partial charge < -0.3 is 20.8 Å². The molecule has 2 unspecified atom stereocenters. The number of fused-ring (bicyclic) bond motifs is 3. The first-order valence-corrected chi connectivity index (χ1v) is 12.4. The Morgan fingerprint density at radius 3 is 2.42 bits per heavy atom. The number of aromatic hydroxyl groups is 1. The number of phenolic OH excluding ortho intramolecular Hbond substituents is 1. The van der Waals surface area contributed by atoms with Crippen molar-refractivity contribution in [3.05, 3.63) is 22.8 Å². The van der Waals surface area contributed by atoms with Crippen LogP contribution < -0.4 is 10.6 Å². The summed E-state index contributed by atoms with van der Waals surface area (Å²) in [7, 11) is 3.69. The van der Waals surface area contributed by atoms with Crippen LogP contribution in [0, 0.1) is 23.7 Å². The molecule has 0 aromatic heterocycles. The quantitative estimate of drug-likeness (QED) is 0.486. The van der Waals surface area contributed by atoms with Gasteiger partial charge in [0.2, 0.25) is 5.91 Å². The van der Waals surface area contributed by atoms with E-state index in [1.807, 2.05) is 25.1 Å². The van der Waals surface area contributed by atoms with Crippen LogP contribution in [0.15, 0.2) is 6.07 Å². The van der Waals surface area contributed by atoms with Gasteiger partial charge in [-0.05, 0) is 56.3 Å². The van der Waals surface area contributed by atoms with E-state index in [1.165, 1.54) is 0 Å². The number of amides is 1. The average molecular weight is 498 g/mol. The Kier molecular flexibility index (Phi) is 5.79. The van der Waals surface area contributed by atoms with E-state index < -0.39 is 58.3 Å². The van der Waals surface area contributed by atoms with Crippen molar-refractivity contribution in [1.82, 2.24) is 4.90 Å². The van der Waals surface area contributed by atoms with Crippen LogP contribution in [0.3, 0.4) is 0 Å². The van der Waals surface area contributed by atoms with E-state index >= 15 is 0 Å². The summed E-state index contributed by atoms with van der Waals surface area (Å²) in [6.45, 7) is 2.24. The fourth-order valence-corrected chi connectivity index (χ4v) is 6.77. The Morgan fingerprint density at radius 2 is 1.81 bits per heavy atom. The van der Waals surface area contributed by atoms with Crippen molar-refractivity contribution < 1.29 is 34.2 Å². The maximum atomic E-state index is 13.9. The topological polar surface area (TPSA) is 158 Å². The molecule has 1 aromatic carbocycles. The molecule has 0 spiro atoms. The van der Waals surface area contributed by atoms with Gasteiger partial charge in [-0.25, -0.2) is 0 Å². The van der Waals surface area contributed by atoms with Gasteiger partial charge in [-0.15, -0.1) is 0 Å². The highest BCUT2D eigenvalue weighted by Gasteiger charge is 2.66. The van der Waals surface area contributed by atoms with Gasteiger partial charge in [0, 0.05) is 44.2 Å².